The number of aryl methyl sites for hydroxylation is 2. The van der Waals surface area contributed by atoms with Crippen molar-refractivity contribution in [3.05, 3.63) is 76.8 Å². The van der Waals surface area contributed by atoms with Crippen LogP contribution in [-0.2, 0) is 6.42 Å². The number of likely N-dealkylation sites (tertiary alicyclic amines) is 1. The second kappa shape index (κ2) is 9.56. The summed E-state index contributed by atoms with van der Waals surface area (Å²) in [5, 5.41) is 0.640. The average Bonchev–Trinajstić information content (AvgIpc) is 2.79. The predicted octanol–water partition coefficient (Wildman–Crippen LogP) is 5.37. The Labute approximate surface area is 188 Å². The highest BCUT2D eigenvalue weighted by molar-refractivity contribution is 6.30. The molecule has 5 nitrogen and oxygen atoms in total. The first kappa shape index (κ1) is 21.4. The van der Waals surface area contributed by atoms with Gasteiger partial charge < -0.3 is 4.90 Å². The highest BCUT2D eigenvalue weighted by atomic mass is 35.5. The number of aromatic nitrogens is 3. The zero-order valence-electron chi connectivity index (χ0n) is 18.0. The molecule has 0 bridgehead atoms. The van der Waals surface area contributed by atoms with Gasteiger partial charge >= 0.3 is 0 Å². The quantitative estimate of drug-likeness (QED) is 0.541. The van der Waals surface area contributed by atoms with Gasteiger partial charge in [0, 0.05) is 42.4 Å². The summed E-state index contributed by atoms with van der Waals surface area (Å²) in [6.07, 6.45) is 8.96. The number of rotatable bonds is 5. The lowest BCUT2D eigenvalue weighted by Gasteiger charge is -2.40. The maximum absolute atomic E-state index is 13.8. The lowest BCUT2D eigenvalue weighted by Crippen LogP contribution is -2.48. The summed E-state index contributed by atoms with van der Waals surface area (Å²) in [5.41, 5.74) is 3.51. The molecule has 1 saturated heterocycles. The molecule has 0 unspecified atom stereocenters. The molecule has 3 heterocycles. The molecule has 6 heteroatoms. The summed E-state index contributed by atoms with van der Waals surface area (Å²) >= 11 is 5.97. The van der Waals surface area contributed by atoms with Crippen molar-refractivity contribution in [1.82, 2.24) is 19.9 Å². The Morgan fingerprint density at radius 2 is 1.94 bits per heavy atom. The molecule has 0 aliphatic carbocycles. The molecule has 0 N–H and O–H groups in total. The zero-order chi connectivity index (χ0) is 21.8. The van der Waals surface area contributed by atoms with E-state index in [0.29, 0.717) is 22.3 Å². The van der Waals surface area contributed by atoms with Crippen LogP contribution in [-0.4, -0.2) is 38.3 Å². The van der Waals surface area contributed by atoms with Gasteiger partial charge in [-0.15, -0.1) is 0 Å². The summed E-state index contributed by atoms with van der Waals surface area (Å²) in [5.74, 6) is 1.09. The molecule has 1 amide bonds. The third-order valence-electron chi connectivity index (χ3n) is 6.15. The Hall–Kier alpha value is -2.79. The fourth-order valence-electron chi connectivity index (χ4n) is 4.52. The molecule has 1 aliphatic rings. The minimum absolute atomic E-state index is 0.0618. The lowest BCUT2D eigenvalue weighted by atomic mass is 9.86. The molecule has 31 heavy (non-hydrogen) atoms. The van der Waals surface area contributed by atoms with E-state index in [1.54, 1.807) is 24.7 Å². The minimum Gasteiger partial charge on any atom is -0.335 e. The van der Waals surface area contributed by atoms with E-state index in [4.69, 9.17) is 11.6 Å². The number of halogens is 1. The van der Waals surface area contributed by atoms with Crippen LogP contribution < -0.4 is 0 Å². The molecule has 1 aliphatic heterocycles. The van der Waals surface area contributed by atoms with Crippen molar-refractivity contribution >= 4 is 17.5 Å². The van der Waals surface area contributed by atoms with E-state index < -0.39 is 0 Å². The Bertz CT molecular complexity index is 1040. The molecule has 4 rings (SSSR count). The average molecular weight is 435 g/mol. The highest BCUT2D eigenvalue weighted by Crippen LogP contribution is 2.31. The standard InChI is InChI=1S/C25H27ClN4O/c1-17-7-4-15-30(22(17)12-11-20-10-9-19(26)16-29-20)25(31)21-8-3-6-18(2)23(21)24-27-13-5-14-28-24/h3,5-6,8-10,13-14,16-17,22H,4,7,11-12,15H2,1-2H3/t17-,22-/m1/s1. The fourth-order valence-corrected chi connectivity index (χ4v) is 4.63. The summed E-state index contributed by atoms with van der Waals surface area (Å²) < 4.78 is 0. The number of benzene rings is 1. The van der Waals surface area contributed by atoms with Crippen molar-refractivity contribution in [2.24, 2.45) is 5.92 Å². The topological polar surface area (TPSA) is 59.0 Å². The monoisotopic (exact) mass is 434 g/mol. The van der Waals surface area contributed by atoms with Crippen LogP contribution in [0.1, 0.15) is 47.8 Å². The normalized spacial score (nSPS) is 18.7. The number of pyridine rings is 1. The van der Waals surface area contributed by atoms with Crippen molar-refractivity contribution in [2.75, 3.05) is 6.54 Å². The molecular formula is C25H27ClN4O. The van der Waals surface area contributed by atoms with E-state index in [2.05, 4.69) is 26.8 Å². The number of amides is 1. The van der Waals surface area contributed by atoms with Gasteiger partial charge in [0.15, 0.2) is 5.82 Å². The van der Waals surface area contributed by atoms with Gasteiger partial charge in [-0.25, -0.2) is 9.97 Å². The Kier molecular flexibility index (Phi) is 6.62. The Morgan fingerprint density at radius 1 is 1.13 bits per heavy atom. The van der Waals surface area contributed by atoms with Gasteiger partial charge in [0.25, 0.3) is 5.91 Å². The molecule has 2 aromatic heterocycles. The summed E-state index contributed by atoms with van der Waals surface area (Å²) in [6.45, 7) is 5.02. The van der Waals surface area contributed by atoms with Crippen LogP contribution in [0.25, 0.3) is 11.4 Å². The third kappa shape index (κ3) is 4.77. The first-order valence-corrected chi connectivity index (χ1v) is 11.2. The summed E-state index contributed by atoms with van der Waals surface area (Å²) in [6, 6.07) is 11.6. The highest BCUT2D eigenvalue weighted by Gasteiger charge is 2.33. The SMILES string of the molecule is Cc1cccc(C(=O)N2CCC[C@@H](C)[C@H]2CCc2ccc(Cl)cn2)c1-c1ncccn1. The molecule has 1 fully saturated rings. The minimum atomic E-state index is 0.0618. The number of nitrogens with zero attached hydrogens (tertiary/aromatic N) is 4. The molecule has 1 aromatic carbocycles. The van der Waals surface area contributed by atoms with Crippen molar-refractivity contribution < 1.29 is 4.79 Å². The van der Waals surface area contributed by atoms with E-state index in [1.807, 2.05) is 37.3 Å². The Balaban J connectivity index is 1.62. The Morgan fingerprint density at radius 3 is 2.68 bits per heavy atom. The summed E-state index contributed by atoms with van der Waals surface area (Å²) in [7, 11) is 0. The third-order valence-corrected chi connectivity index (χ3v) is 6.38. The van der Waals surface area contributed by atoms with Crippen LogP contribution >= 0.6 is 11.6 Å². The molecule has 0 spiro atoms. The predicted molar refractivity (Wildman–Crippen MR) is 123 cm³/mol. The van der Waals surface area contributed by atoms with Gasteiger partial charge in [0.2, 0.25) is 0 Å². The van der Waals surface area contributed by atoms with Gasteiger partial charge in [0.1, 0.15) is 0 Å². The maximum atomic E-state index is 13.8. The van der Waals surface area contributed by atoms with Crippen molar-refractivity contribution in [3.63, 3.8) is 0 Å². The number of hydrogen-bond acceptors (Lipinski definition) is 4. The zero-order valence-corrected chi connectivity index (χ0v) is 18.7. The molecule has 160 valence electrons. The molecule has 2 atom stereocenters. The van der Waals surface area contributed by atoms with Crippen LogP contribution in [0.3, 0.4) is 0 Å². The number of carbonyl (C=O) groups is 1. The van der Waals surface area contributed by atoms with Crippen LogP contribution in [0, 0.1) is 12.8 Å². The van der Waals surface area contributed by atoms with Gasteiger partial charge in [-0.05, 0) is 68.4 Å². The maximum Gasteiger partial charge on any atom is 0.254 e. The van der Waals surface area contributed by atoms with Gasteiger partial charge in [0.05, 0.1) is 10.6 Å². The van der Waals surface area contributed by atoms with Crippen LogP contribution in [0.2, 0.25) is 5.02 Å². The van der Waals surface area contributed by atoms with E-state index >= 15 is 0 Å². The molecule has 0 radical (unpaired) electrons. The fraction of sp³-hybridized carbons (Fsp3) is 0.360. The lowest BCUT2D eigenvalue weighted by molar-refractivity contribution is 0.0499. The number of hydrogen-bond donors (Lipinski definition) is 0. The van der Waals surface area contributed by atoms with E-state index in [0.717, 1.165) is 49.0 Å². The van der Waals surface area contributed by atoms with Crippen molar-refractivity contribution in [1.29, 1.82) is 0 Å². The van der Waals surface area contributed by atoms with Crippen LogP contribution in [0.5, 0.6) is 0 Å². The largest absolute Gasteiger partial charge is 0.335 e. The second-order valence-corrected chi connectivity index (χ2v) is 8.70. The van der Waals surface area contributed by atoms with Gasteiger partial charge in [-0.1, -0.05) is 30.7 Å². The first-order valence-electron chi connectivity index (χ1n) is 10.8. The van der Waals surface area contributed by atoms with E-state index in [-0.39, 0.29) is 11.9 Å². The van der Waals surface area contributed by atoms with Crippen molar-refractivity contribution in [2.45, 2.75) is 45.6 Å². The number of carbonyl (C=O) groups excluding carboxylic acids is 1. The van der Waals surface area contributed by atoms with Gasteiger partial charge in [-0.3, -0.25) is 9.78 Å². The van der Waals surface area contributed by atoms with E-state index in [1.165, 1.54) is 0 Å². The molecule has 0 saturated carbocycles. The van der Waals surface area contributed by atoms with Crippen molar-refractivity contribution in [3.8, 4) is 11.4 Å². The van der Waals surface area contributed by atoms with E-state index in [9.17, 15) is 4.79 Å². The number of piperidine rings is 1. The van der Waals surface area contributed by atoms with Crippen LogP contribution in [0.15, 0.2) is 55.0 Å². The first-order chi connectivity index (χ1) is 15.0. The molecular weight excluding hydrogens is 408 g/mol. The second-order valence-electron chi connectivity index (χ2n) is 8.26. The molecule has 3 aromatic rings. The van der Waals surface area contributed by atoms with Gasteiger partial charge in [-0.2, -0.15) is 0 Å². The van der Waals surface area contributed by atoms with Crippen LogP contribution in [0.4, 0.5) is 0 Å². The summed E-state index contributed by atoms with van der Waals surface area (Å²) in [4.78, 5) is 29.1. The smallest absolute Gasteiger partial charge is 0.254 e.